The van der Waals surface area contributed by atoms with E-state index in [1.807, 2.05) is 35.7 Å². The van der Waals surface area contributed by atoms with Gasteiger partial charge in [-0.05, 0) is 56.2 Å². The van der Waals surface area contributed by atoms with Crippen LogP contribution in [0.5, 0.6) is 0 Å². The molecule has 2 atom stereocenters. The van der Waals surface area contributed by atoms with Crippen LogP contribution >= 0.6 is 0 Å². The lowest BCUT2D eigenvalue weighted by molar-refractivity contribution is -0.127. The Morgan fingerprint density at radius 2 is 1.97 bits per heavy atom. The van der Waals surface area contributed by atoms with Crippen molar-refractivity contribution in [2.24, 2.45) is 5.92 Å². The molecule has 1 aliphatic heterocycles. The van der Waals surface area contributed by atoms with Crippen molar-refractivity contribution in [1.82, 2.24) is 24.8 Å². The van der Waals surface area contributed by atoms with Crippen molar-refractivity contribution in [1.29, 1.82) is 0 Å². The van der Waals surface area contributed by atoms with Gasteiger partial charge in [-0.2, -0.15) is 0 Å². The third-order valence-electron chi connectivity index (χ3n) is 5.26. The largest absolute Gasteiger partial charge is 0.346 e. The molecule has 0 saturated carbocycles. The van der Waals surface area contributed by atoms with Crippen molar-refractivity contribution in [3.8, 4) is 0 Å². The van der Waals surface area contributed by atoms with Crippen LogP contribution in [0.2, 0.25) is 0 Å². The molecule has 1 N–H and O–H groups in total. The van der Waals surface area contributed by atoms with E-state index in [9.17, 15) is 14.0 Å². The summed E-state index contributed by atoms with van der Waals surface area (Å²) < 4.78 is 15.0. The minimum atomic E-state index is -0.382. The Morgan fingerprint density at radius 3 is 2.76 bits per heavy atom. The highest BCUT2D eigenvalue weighted by Gasteiger charge is 2.30. The van der Waals surface area contributed by atoms with Crippen molar-refractivity contribution >= 4 is 17.5 Å². The van der Waals surface area contributed by atoms with E-state index in [0.717, 1.165) is 12.1 Å². The molecule has 3 aromatic rings. The van der Waals surface area contributed by atoms with Crippen LogP contribution < -0.4 is 5.32 Å². The number of pyridine rings is 1. The number of carbonyl (C=O) groups excluding carboxylic acids is 2. The third kappa shape index (κ3) is 3.96. The van der Waals surface area contributed by atoms with Crippen LogP contribution in [-0.4, -0.2) is 44.4 Å². The van der Waals surface area contributed by atoms with Crippen molar-refractivity contribution < 1.29 is 14.0 Å². The lowest BCUT2D eigenvalue weighted by atomic mass is 9.96. The monoisotopic (exact) mass is 395 g/mol. The molecular weight excluding hydrogens is 373 g/mol. The lowest BCUT2D eigenvalue weighted by Gasteiger charge is -2.32. The number of rotatable bonds is 4. The fourth-order valence-corrected chi connectivity index (χ4v) is 3.70. The molecule has 0 spiro atoms. The van der Waals surface area contributed by atoms with Gasteiger partial charge in [0.1, 0.15) is 5.82 Å². The summed E-state index contributed by atoms with van der Waals surface area (Å²) in [5.74, 6) is -0.313. The number of piperidine rings is 1. The number of hydrogen-bond acceptors (Lipinski definition) is 4. The van der Waals surface area contributed by atoms with E-state index in [1.54, 1.807) is 4.90 Å². The number of nitrogens with zero attached hydrogens (tertiary/aromatic N) is 4. The van der Waals surface area contributed by atoms with Gasteiger partial charge >= 0.3 is 0 Å². The van der Waals surface area contributed by atoms with Crippen LogP contribution in [0, 0.1) is 11.7 Å². The average Bonchev–Trinajstić information content (AvgIpc) is 3.18. The van der Waals surface area contributed by atoms with E-state index in [4.69, 9.17) is 0 Å². The van der Waals surface area contributed by atoms with Crippen molar-refractivity contribution in [3.63, 3.8) is 0 Å². The number of likely N-dealkylation sites (tertiary alicyclic amines) is 1. The lowest BCUT2D eigenvalue weighted by Crippen LogP contribution is -2.46. The van der Waals surface area contributed by atoms with Gasteiger partial charge in [-0.3, -0.25) is 14.0 Å². The van der Waals surface area contributed by atoms with Gasteiger partial charge < -0.3 is 10.2 Å². The third-order valence-corrected chi connectivity index (χ3v) is 5.26. The topological polar surface area (TPSA) is 79.6 Å². The minimum absolute atomic E-state index is 0.109. The van der Waals surface area contributed by atoms with Crippen LogP contribution in [0.4, 0.5) is 4.39 Å². The first-order valence-corrected chi connectivity index (χ1v) is 9.68. The zero-order valence-electron chi connectivity index (χ0n) is 16.1. The number of benzene rings is 1. The zero-order valence-corrected chi connectivity index (χ0v) is 16.1. The molecule has 0 bridgehead atoms. The van der Waals surface area contributed by atoms with E-state index >= 15 is 0 Å². The average molecular weight is 395 g/mol. The SMILES string of the molecule is CC(NC(=O)C1CCCN(C(=O)c2ccc(F)cc2)C1)c1nnc2ccccn12. The molecule has 1 saturated heterocycles. The molecule has 2 unspecified atom stereocenters. The molecule has 150 valence electrons. The first-order chi connectivity index (χ1) is 14.0. The van der Waals surface area contributed by atoms with E-state index in [2.05, 4.69) is 15.5 Å². The first-order valence-electron chi connectivity index (χ1n) is 9.68. The molecule has 7 nitrogen and oxygen atoms in total. The molecule has 1 aliphatic rings. The molecular formula is C21H22FN5O2. The maximum atomic E-state index is 13.1. The summed E-state index contributed by atoms with van der Waals surface area (Å²) in [5.41, 5.74) is 1.15. The smallest absolute Gasteiger partial charge is 0.253 e. The Hall–Kier alpha value is -3.29. The molecule has 0 aliphatic carbocycles. The summed E-state index contributed by atoms with van der Waals surface area (Å²) in [6.07, 6.45) is 3.32. The number of nitrogens with one attached hydrogen (secondary N) is 1. The number of halogens is 1. The molecule has 1 fully saturated rings. The second kappa shape index (κ2) is 7.98. The molecule has 2 amide bonds. The molecule has 8 heteroatoms. The Labute approximate surface area is 167 Å². The fourth-order valence-electron chi connectivity index (χ4n) is 3.70. The number of fused-ring (bicyclic) bond motifs is 1. The molecule has 2 aromatic heterocycles. The number of carbonyl (C=O) groups is 2. The highest BCUT2D eigenvalue weighted by atomic mass is 19.1. The zero-order chi connectivity index (χ0) is 20.4. The van der Waals surface area contributed by atoms with Crippen LogP contribution in [0.3, 0.4) is 0 Å². The van der Waals surface area contributed by atoms with E-state index < -0.39 is 0 Å². The summed E-state index contributed by atoms with van der Waals surface area (Å²) in [5, 5.41) is 11.3. The van der Waals surface area contributed by atoms with Gasteiger partial charge in [-0.1, -0.05) is 6.07 Å². The number of aromatic nitrogens is 3. The summed E-state index contributed by atoms with van der Waals surface area (Å²) in [6.45, 7) is 2.80. The summed E-state index contributed by atoms with van der Waals surface area (Å²) in [6, 6.07) is 10.8. The standard InChI is InChI=1S/C21H22FN5O2/c1-14(19-25-24-18-6-2-3-12-27(18)19)23-20(28)16-5-4-11-26(13-16)21(29)15-7-9-17(22)10-8-15/h2-3,6-10,12,14,16H,4-5,11,13H2,1H3,(H,23,28). The number of hydrogen-bond donors (Lipinski definition) is 1. The van der Waals surface area contributed by atoms with Crippen LogP contribution in [0.1, 0.15) is 42.0 Å². The molecule has 3 heterocycles. The second-order valence-electron chi connectivity index (χ2n) is 7.31. The van der Waals surface area contributed by atoms with Gasteiger partial charge in [0.15, 0.2) is 11.5 Å². The first kappa shape index (κ1) is 19.0. The quantitative estimate of drug-likeness (QED) is 0.736. The molecule has 0 radical (unpaired) electrons. The maximum absolute atomic E-state index is 13.1. The summed E-state index contributed by atoms with van der Waals surface area (Å²) in [7, 11) is 0. The summed E-state index contributed by atoms with van der Waals surface area (Å²) >= 11 is 0. The Balaban J connectivity index is 1.42. The minimum Gasteiger partial charge on any atom is -0.346 e. The van der Waals surface area contributed by atoms with Crippen molar-refractivity contribution in [2.45, 2.75) is 25.8 Å². The van der Waals surface area contributed by atoms with Gasteiger partial charge in [0.25, 0.3) is 5.91 Å². The van der Waals surface area contributed by atoms with Gasteiger partial charge in [0.2, 0.25) is 5.91 Å². The normalized spacial score (nSPS) is 17.9. The summed E-state index contributed by atoms with van der Waals surface area (Å²) in [4.78, 5) is 27.2. The fraction of sp³-hybridized carbons (Fsp3) is 0.333. The van der Waals surface area contributed by atoms with Gasteiger partial charge in [-0.15, -0.1) is 10.2 Å². The van der Waals surface area contributed by atoms with Crippen molar-refractivity contribution in [3.05, 3.63) is 65.9 Å². The predicted molar refractivity (Wildman–Crippen MR) is 105 cm³/mol. The highest BCUT2D eigenvalue weighted by Crippen LogP contribution is 2.21. The van der Waals surface area contributed by atoms with Crippen molar-refractivity contribution in [2.75, 3.05) is 13.1 Å². The predicted octanol–water partition coefficient (Wildman–Crippen LogP) is 2.60. The Morgan fingerprint density at radius 1 is 1.17 bits per heavy atom. The Bertz CT molecular complexity index is 1030. The van der Waals surface area contributed by atoms with Crippen LogP contribution in [0.15, 0.2) is 48.7 Å². The van der Waals surface area contributed by atoms with Gasteiger partial charge in [0, 0.05) is 24.8 Å². The van der Waals surface area contributed by atoms with Crippen LogP contribution in [-0.2, 0) is 4.79 Å². The van der Waals surface area contributed by atoms with Crippen LogP contribution in [0.25, 0.3) is 5.65 Å². The van der Waals surface area contributed by atoms with Gasteiger partial charge in [-0.25, -0.2) is 4.39 Å². The van der Waals surface area contributed by atoms with E-state index in [-0.39, 0.29) is 29.6 Å². The Kier molecular flexibility index (Phi) is 5.24. The highest BCUT2D eigenvalue weighted by molar-refractivity contribution is 5.94. The molecule has 29 heavy (non-hydrogen) atoms. The maximum Gasteiger partial charge on any atom is 0.253 e. The second-order valence-corrected chi connectivity index (χ2v) is 7.31. The van der Waals surface area contributed by atoms with E-state index in [1.165, 1.54) is 24.3 Å². The molecule has 4 rings (SSSR count). The van der Waals surface area contributed by atoms with E-state index in [0.29, 0.717) is 30.9 Å². The number of amides is 2. The molecule has 1 aromatic carbocycles. The van der Waals surface area contributed by atoms with Gasteiger partial charge in [0.05, 0.1) is 12.0 Å².